The molecule has 0 bridgehead atoms. The first-order valence-electron chi connectivity index (χ1n) is 5.05. The molecule has 0 aliphatic rings. The van der Waals surface area contributed by atoms with Gasteiger partial charge in [-0.1, -0.05) is 0 Å². The number of furan rings is 2. The lowest BCUT2D eigenvalue weighted by Gasteiger charge is -1.93. The highest BCUT2D eigenvalue weighted by molar-refractivity contribution is 7.54. The summed E-state index contributed by atoms with van der Waals surface area (Å²) < 4.78 is 10.7. The lowest BCUT2D eigenvalue weighted by molar-refractivity contribution is 0.0981. The van der Waals surface area contributed by atoms with Crippen LogP contribution in [-0.2, 0) is 0 Å². The number of rotatable bonds is 4. The van der Waals surface area contributed by atoms with Crippen molar-refractivity contribution in [2.24, 2.45) is 0 Å². The van der Waals surface area contributed by atoms with Crippen LogP contribution in [0.4, 0.5) is 0 Å². The Morgan fingerprint density at radius 3 is 1.59 bits per heavy atom. The van der Waals surface area contributed by atoms with Gasteiger partial charge in [-0.2, -0.15) is 0 Å². The molecular formula is C12H11O4P. The van der Waals surface area contributed by atoms with Crippen LogP contribution in [0.5, 0.6) is 0 Å². The fourth-order valence-corrected chi connectivity index (χ4v) is 2.21. The van der Waals surface area contributed by atoms with E-state index in [1.807, 2.05) is 0 Å². The van der Waals surface area contributed by atoms with Crippen LogP contribution in [0.25, 0.3) is 0 Å². The van der Waals surface area contributed by atoms with Crippen LogP contribution in [0.3, 0.4) is 0 Å². The Balaban J connectivity index is 2.13. The summed E-state index contributed by atoms with van der Waals surface area (Å²) in [5.74, 6) is 0.464. The van der Waals surface area contributed by atoms with Crippen molar-refractivity contribution in [3.63, 3.8) is 0 Å². The van der Waals surface area contributed by atoms with E-state index in [9.17, 15) is 9.59 Å². The summed E-state index contributed by atoms with van der Waals surface area (Å²) in [5, 5.41) is 0. The maximum Gasteiger partial charge on any atom is 0.194 e. The molecule has 0 unspecified atom stereocenters. The van der Waals surface area contributed by atoms with Gasteiger partial charge in [0.1, 0.15) is 11.0 Å². The van der Waals surface area contributed by atoms with Gasteiger partial charge in [-0.05, 0) is 24.3 Å². The number of ketones is 2. The molecule has 0 spiro atoms. The average molecular weight is 250 g/mol. The van der Waals surface area contributed by atoms with Crippen molar-refractivity contribution in [1.82, 2.24) is 0 Å². The highest BCUT2D eigenvalue weighted by atomic mass is 31.1. The molecule has 0 aromatic carbocycles. The third kappa shape index (κ3) is 2.71. The van der Waals surface area contributed by atoms with Gasteiger partial charge in [-0.3, -0.25) is 9.59 Å². The number of carbonyl (C=O) groups is 2. The smallest absolute Gasteiger partial charge is 0.194 e. The molecule has 2 aromatic heterocycles. The number of carbonyl (C=O) groups excluding carboxylic acids is 2. The predicted octanol–water partition coefficient (Wildman–Crippen LogP) is 1.91. The molecule has 0 amide bonds. The molecule has 0 saturated heterocycles. The molecule has 0 radical (unpaired) electrons. The molecule has 88 valence electrons. The Kier molecular flexibility index (Phi) is 3.25. The summed E-state index contributed by atoms with van der Waals surface area (Å²) in [6.45, 7) is 2.90. The summed E-state index contributed by atoms with van der Waals surface area (Å²) in [5.41, 5.74) is 1.33. The summed E-state index contributed by atoms with van der Waals surface area (Å²) in [6.07, 6.45) is 0. The Labute approximate surface area is 99.8 Å². The van der Waals surface area contributed by atoms with Crippen LogP contribution >= 0.6 is 8.58 Å². The zero-order valence-electron chi connectivity index (χ0n) is 9.44. The number of hydrogen-bond acceptors (Lipinski definition) is 4. The van der Waals surface area contributed by atoms with Crippen molar-refractivity contribution in [3.05, 3.63) is 35.8 Å². The minimum absolute atomic E-state index is 0.107. The van der Waals surface area contributed by atoms with Crippen LogP contribution in [-0.4, -0.2) is 11.6 Å². The van der Waals surface area contributed by atoms with E-state index >= 15 is 0 Å². The predicted molar refractivity (Wildman–Crippen MR) is 65.0 cm³/mol. The molecule has 17 heavy (non-hydrogen) atoms. The first kappa shape index (κ1) is 11.8. The molecule has 0 fully saturated rings. The van der Waals surface area contributed by atoms with E-state index in [1.165, 1.54) is 13.8 Å². The number of Topliss-reactive ketones (excluding diaryl/α,β-unsaturated/α-hetero) is 2. The maximum absolute atomic E-state index is 11.0. The average Bonchev–Trinajstić information content (AvgIpc) is 2.87. The summed E-state index contributed by atoms with van der Waals surface area (Å²) in [4.78, 5) is 22.1. The Hall–Kier alpha value is -1.67. The van der Waals surface area contributed by atoms with Gasteiger partial charge in [-0.25, -0.2) is 0 Å². The van der Waals surface area contributed by atoms with E-state index in [2.05, 4.69) is 0 Å². The van der Waals surface area contributed by atoms with Crippen LogP contribution in [0, 0.1) is 0 Å². The van der Waals surface area contributed by atoms with Crippen LogP contribution in [0.2, 0.25) is 0 Å². The topological polar surface area (TPSA) is 60.4 Å². The Morgan fingerprint density at radius 1 is 0.882 bits per heavy atom. The Bertz CT molecular complexity index is 514. The molecule has 0 aliphatic carbocycles. The van der Waals surface area contributed by atoms with Gasteiger partial charge >= 0.3 is 0 Å². The Morgan fingerprint density at radius 2 is 1.29 bits per heavy atom. The molecule has 0 aliphatic heterocycles. The highest BCUT2D eigenvalue weighted by Crippen LogP contribution is 2.15. The monoisotopic (exact) mass is 250 g/mol. The van der Waals surface area contributed by atoms with E-state index in [4.69, 9.17) is 8.83 Å². The molecule has 0 atom stereocenters. The van der Waals surface area contributed by atoms with Gasteiger partial charge in [0.05, 0.1) is 0 Å². The third-order valence-corrected chi connectivity index (χ3v) is 3.18. The third-order valence-electron chi connectivity index (χ3n) is 2.15. The largest absolute Gasteiger partial charge is 0.453 e. The van der Waals surface area contributed by atoms with Crippen molar-refractivity contribution < 1.29 is 18.4 Å². The zero-order valence-corrected chi connectivity index (χ0v) is 10.4. The van der Waals surface area contributed by atoms with Crippen molar-refractivity contribution in [2.45, 2.75) is 13.8 Å². The van der Waals surface area contributed by atoms with Gasteiger partial charge in [0.25, 0.3) is 0 Å². The number of hydrogen-bond donors (Lipinski definition) is 0. The van der Waals surface area contributed by atoms with Crippen molar-refractivity contribution >= 4 is 31.1 Å². The van der Waals surface area contributed by atoms with Crippen LogP contribution < -0.4 is 11.0 Å². The van der Waals surface area contributed by atoms with E-state index in [0.717, 1.165) is 0 Å². The second-order valence-corrected chi connectivity index (χ2v) is 4.80. The molecule has 2 aromatic rings. The van der Waals surface area contributed by atoms with Crippen LogP contribution in [0.1, 0.15) is 35.0 Å². The first-order valence-corrected chi connectivity index (χ1v) is 6.05. The van der Waals surface area contributed by atoms with Crippen molar-refractivity contribution in [1.29, 1.82) is 0 Å². The van der Waals surface area contributed by atoms with Gasteiger partial charge in [0, 0.05) is 22.4 Å². The van der Waals surface area contributed by atoms with Gasteiger partial charge < -0.3 is 8.83 Å². The van der Waals surface area contributed by atoms with Gasteiger partial charge in [-0.15, -0.1) is 0 Å². The lowest BCUT2D eigenvalue weighted by atomic mass is 10.3. The molecule has 5 heteroatoms. The van der Waals surface area contributed by atoms with Crippen LogP contribution in [0.15, 0.2) is 33.1 Å². The minimum Gasteiger partial charge on any atom is -0.453 e. The summed E-state index contributed by atoms with van der Waals surface area (Å²) in [6, 6.07) is 6.76. The molecule has 2 heterocycles. The van der Waals surface area contributed by atoms with E-state index in [-0.39, 0.29) is 20.1 Å². The fraction of sp³-hybridized carbons (Fsp3) is 0.167. The van der Waals surface area contributed by atoms with Crippen molar-refractivity contribution in [3.8, 4) is 0 Å². The summed E-state index contributed by atoms with van der Waals surface area (Å²) >= 11 is 0. The molecular weight excluding hydrogens is 239 g/mol. The molecule has 2 rings (SSSR count). The van der Waals surface area contributed by atoms with E-state index in [0.29, 0.717) is 22.5 Å². The zero-order chi connectivity index (χ0) is 12.4. The van der Waals surface area contributed by atoms with Gasteiger partial charge in [0.2, 0.25) is 0 Å². The quantitative estimate of drug-likeness (QED) is 0.614. The van der Waals surface area contributed by atoms with E-state index in [1.54, 1.807) is 24.3 Å². The first-order chi connectivity index (χ1) is 8.06. The second kappa shape index (κ2) is 4.68. The van der Waals surface area contributed by atoms with Crippen molar-refractivity contribution in [2.75, 3.05) is 0 Å². The normalized spacial score (nSPS) is 10.5. The minimum atomic E-state index is -0.107. The van der Waals surface area contributed by atoms with E-state index < -0.39 is 0 Å². The molecule has 4 nitrogen and oxygen atoms in total. The highest BCUT2D eigenvalue weighted by Gasteiger charge is 2.10. The second-order valence-electron chi connectivity index (χ2n) is 3.57. The van der Waals surface area contributed by atoms with Gasteiger partial charge in [0.15, 0.2) is 23.1 Å². The molecule has 0 saturated carbocycles. The standard InChI is InChI=1S/C12H11O4P/c1-7(13)9-3-5-11(15-9)17-12-6-4-10(16-12)8(2)14/h3-6,17H,1-2H3. The SMILES string of the molecule is CC(=O)c1ccc(Pc2ccc(C(C)=O)o2)o1. The summed E-state index contributed by atoms with van der Waals surface area (Å²) in [7, 11) is 0.166. The lowest BCUT2D eigenvalue weighted by Crippen LogP contribution is -1.99. The maximum atomic E-state index is 11.0. The molecule has 0 N–H and O–H groups in total. The fourth-order valence-electron chi connectivity index (χ4n) is 1.31.